The maximum Gasteiger partial charge on any atom is 0.235 e. The van der Waals surface area contributed by atoms with Crippen LogP contribution in [0.1, 0.15) is 44.1 Å². The molecule has 1 amide bonds. The van der Waals surface area contributed by atoms with Crippen LogP contribution in [0.2, 0.25) is 5.02 Å². The van der Waals surface area contributed by atoms with Gasteiger partial charge in [-0.05, 0) is 24.5 Å². The van der Waals surface area contributed by atoms with Gasteiger partial charge in [0.2, 0.25) is 5.91 Å². The molecule has 1 spiro atoms. The van der Waals surface area contributed by atoms with Crippen molar-refractivity contribution in [1.82, 2.24) is 0 Å². The highest BCUT2D eigenvalue weighted by Crippen LogP contribution is 2.48. The van der Waals surface area contributed by atoms with E-state index in [0.29, 0.717) is 5.02 Å². The minimum absolute atomic E-state index is 0.155. The highest BCUT2D eigenvalue weighted by atomic mass is 35.5. The molecule has 0 bridgehead atoms. The molecule has 0 aromatic heterocycles. The van der Waals surface area contributed by atoms with Crippen molar-refractivity contribution in [2.24, 2.45) is 0 Å². The first-order valence-corrected chi connectivity index (χ1v) is 6.72. The summed E-state index contributed by atoms with van der Waals surface area (Å²) in [6.07, 6.45) is 6.69. The van der Waals surface area contributed by atoms with E-state index in [0.717, 1.165) is 36.9 Å². The third-order valence-electron chi connectivity index (χ3n) is 4.16. The number of carbonyl (C=O) groups is 1. The van der Waals surface area contributed by atoms with E-state index in [-0.39, 0.29) is 11.3 Å². The second-order valence-electron chi connectivity index (χ2n) is 5.11. The van der Waals surface area contributed by atoms with Crippen molar-refractivity contribution in [2.45, 2.75) is 43.9 Å². The summed E-state index contributed by atoms with van der Waals surface area (Å²) in [5.74, 6) is 0.155. The second kappa shape index (κ2) is 4.02. The molecular weight excluding hydrogens is 234 g/mol. The Morgan fingerprint density at radius 2 is 1.82 bits per heavy atom. The van der Waals surface area contributed by atoms with Crippen LogP contribution in [0.15, 0.2) is 18.2 Å². The van der Waals surface area contributed by atoms with E-state index in [4.69, 9.17) is 11.6 Å². The monoisotopic (exact) mass is 249 g/mol. The van der Waals surface area contributed by atoms with Gasteiger partial charge in [0.15, 0.2) is 0 Å². The molecule has 0 radical (unpaired) electrons. The topological polar surface area (TPSA) is 29.1 Å². The minimum Gasteiger partial charge on any atom is -0.324 e. The molecule has 1 aliphatic heterocycles. The molecule has 0 unspecified atom stereocenters. The number of hydrogen-bond acceptors (Lipinski definition) is 1. The predicted molar refractivity (Wildman–Crippen MR) is 69.5 cm³/mol. The van der Waals surface area contributed by atoms with Crippen molar-refractivity contribution in [2.75, 3.05) is 5.32 Å². The Morgan fingerprint density at radius 3 is 2.53 bits per heavy atom. The number of nitrogens with one attached hydrogen (secondary N) is 1. The van der Waals surface area contributed by atoms with Crippen molar-refractivity contribution in [3.8, 4) is 0 Å². The molecule has 0 saturated heterocycles. The van der Waals surface area contributed by atoms with E-state index < -0.39 is 0 Å². The number of rotatable bonds is 0. The van der Waals surface area contributed by atoms with Gasteiger partial charge in [-0.2, -0.15) is 0 Å². The Hall–Kier alpha value is -1.02. The van der Waals surface area contributed by atoms with Crippen LogP contribution in [0.5, 0.6) is 0 Å². The Kier molecular flexibility index (Phi) is 2.62. The molecule has 1 heterocycles. The molecule has 1 saturated carbocycles. The molecule has 1 fully saturated rings. The molecule has 90 valence electrons. The average molecular weight is 250 g/mol. The molecule has 3 heteroatoms. The average Bonchev–Trinajstić information content (AvgIpc) is 2.52. The summed E-state index contributed by atoms with van der Waals surface area (Å²) in [4.78, 5) is 12.3. The van der Waals surface area contributed by atoms with Gasteiger partial charge in [0.1, 0.15) is 0 Å². The molecule has 3 rings (SSSR count). The van der Waals surface area contributed by atoms with Gasteiger partial charge in [-0.15, -0.1) is 0 Å². The Bertz CT molecular complexity index is 461. The van der Waals surface area contributed by atoms with Crippen molar-refractivity contribution in [3.05, 3.63) is 28.8 Å². The minimum atomic E-state index is -0.295. The molecule has 1 aromatic carbocycles. The highest BCUT2D eigenvalue weighted by molar-refractivity contribution is 6.34. The third kappa shape index (κ3) is 1.58. The lowest BCUT2D eigenvalue weighted by atomic mass is 9.75. The van der Waals surface area contributed by atoms with Crippen LogP contribution in [0.4, 0.5) is 5.69 Å². The number of halogens is 1. The van der Waals surface area contributed by atoms with Crippen LogP contribution in [-0.4, -0.2) is 5.91 Å². The maximum absolute atomic E-state index is 12.3. The lowest BCUT2D eigenvalue weighted by Gasteiger charge is -2.25. The summed E-state index contributed by atoms with van der Waals surface area (Å²) < 4.78 is 0. The second-order valence-corrected chi connectivity index (χ2v) is 5.52. The summed E-state index contributed by atoms with van der Waals surface area (Å²) in [7, 11) is 0. The summed E-state index contributed by atoms with van der Waals surface area (Å²) in [5.41, 5.74) is 1.68. The first-order chi connectivity index (χ1) is 8.24. The Labute approximate surface area is 106 Å². The number of carbonyl (C=O) groups excluding carboxylic acids is 1. The van der Waals surface area contributed by atoms with Crippen LogP contribution in [0, 0.1) is 0 Å². The van der Waals surface area contributed by atoms with Gasteiger partial charge in [-0.25, -0.2) is 0 Å². The van der Waals surface area contributed by atoms with E-state index >= 15 is 0 Å². The third-order valence-corrected chi connectivity index (χ3v) is 4.47. The largest absolute Gasteiger partial charge is 0.324 e. The number of hydrogen-bond donors (Lipinski definition) is 1. The Balaban J connectivity index is 2.12. The summed E-state index contributed by atoms with van der Waals surface area (Å²) in [5, 5.41) is 3.65. The van der Waals surface area contributed by atoms with Crippen molar-refractivity contribution >= 4 is 23.2 Å². The zero-order valence-electron chi connectivity index (χ0n) is 9.76. The molecule has 1 aliphatic carbocycles. The van der Waals surface area contributed by atoms with Crippen molar-refractivity contribution < 1.29 is 4.79 Å². The van der Waals surface area contributed by atoms with Gasteiger partial charge in [0.25, 0.3) is 0 Å². The van der Waals surface area contributed by atoms with E-state index in [1.54, 1.807) is 0 Å². The Morgan fingerprint density at radius 1 is 1.12 bits per heavy atom. The lowest BCUT2D eigenvalue weighted by molar-refractivity contribution is -0.121. The molecule has 2 nitrogen and oxygen atoms in total. The van der Waals surface area contributed by atoms with Crippen LogP contribution >= 0.6 is 11.6 Å². The molecule has 17 heavy (non-hydrogen) atoms. The van der Waals surface area contributed by atoms with Gasteiger partial charge in [0.05, 0.1) is 16.1 Å². The maximum atomic E-state index is 12.3. The molecule has 1 aromatic rings. The van der Waals surface area contributed by atoms with Crippen LogP contribution in [0.3, 0.4) is 0 Å². The summed E-state index contributed by atoms with van der Waals surface area (Å²) in [6.45, 7) is 0. The predicted octanol–water partition coefficient (Wildman–Crippen LogP) is 3.88. The van der Waals surface area contributed by atoms with Gasteiger partial charge >= 0.3 is 0 Å². The fourth-order valence-corrected chi connectivity index (χ4v) is 3.46. The number of fused-ring (bicyclic) bond motifs is 2. The van der Waals surface area contributed by atoms with Crippen LogP contribution < -0.4 is 5.32 Å². The zero-order valence-corrected chi connectivity index (χ0v) is 10.5. The number of para-hydroxylation sites is 1. The normalized spacial score (nSPS) is 22.1. The smallest absolute Gasteiger partial charge is 0.235 e. The molecular formula is C14H16ClNO. The number of amides is 1. The zero-order chi connectivity index (χ0) is 11.9. The van der Waals surface area contributed by atoms with Crippen molar-refractivity contribution in [3.63, 3.8) is 0 Å². The molecule has 0 atom stereocenters. The van der Waals surface area contributed by atoms with Gasteiger partial charge in [-0.1, -0.05) is 49.4 Å². The first kappa shape index (κ1) is 11.1. The van der Waals surface area contributed by atoms with Gasteiger partial charge in [0, 0.05) is 0 Å². The lowest BCUT2D eigenvalue weighted by Crippen LogP contribution is -2.33. The standard InChI is InChI=1S/C14H16ClNO/c15-11-7-5-6-10-12(11)16-13(17)14(10)8-3-1-2-4-9-14/h5-7H,1-4,8-9H2,(H,16,17). The summed E-state index contributed by atoms with van der Waals surface area (Å²) in [6, 6.07) is 5.86. The fraction of sp³-hybridized carbons (Fsp3) is 0.500. The van der Waals surface area contributed by atoms with E-state index in [1.807, 2.05) is 12.1 Å². The quantitative estimate of drug-likeness (QED) is 0.743. The summed E-state index contributed by atoms with van der Waals surface area (Å²) >= 11 is 6.16. The fourth-order valence-electron chi connectivity index (χ4n) is 3.23. The van der Waals surface area contributed by atoms with E-state index in [1.165, 1.54) is 12.8 Å². The van der Waals surface area contributed by atoms with Crippen molar-refractivity contribution in [1.29, 1.82) is 0 Å². The van der Waals surface area contributed by atoms with E-state index in [9.17, 15) is 4.79 Å². The van der Waals surface area contributed by atoms with Crippen LogP contribution in [0.25, 0.3) is 0 Å². The number of anilines is 1. The van der Waals surface area contributed by atoms with Gasteiger partial charge < -0.3 is 5.32 Å². The highest BCUT2D eigenvalue weighted by Gasteiger charge is 2.46. The molecule has 1 N–H and O–H groups in total. The molecule has 2 aliphatic rings. The number of benzene rings is 1. The first-order valence-electron chi connectivity index (χ1n) is 6.34. The van der Waals surface area contributed by atoms with E-state index in [2.05, 4.69) is 11.4 Å². The SMILES string of the molecule is O=C1Nc2c(Cl)cccc2C12CCCCCC2. The van der Waals surface area contributed by atoms with Gasteiger partial charge in [-0.3, -0.25) is 4.79 Å². The van der Waals surface area contributed by atoms with Crippen LogP contribution in [-0.2, 0) is 10.2 Å².